The molecular weight excluding hydrogens is 212 g/mol. The van der Waals surface area contributed by atoms with Crippen molar-refractivity contribution in [2.75, 3.05) is 13.2 Å². The maximum atomic E-state index is 9.38. The molecule has 0 spiro atoms. The zero-order chi connectivity index (χ0) is 12.8. The molecule has 0 heterocycles. The van der Waals surface area contributed by atoms with Crippen molar-refractivity contribution < 1.29 is 9.84 Å². The summed E-state index contributed by atoms with van der Waals surface area (Å²) in [6, 6.07) is 0. The van der Waals surface area contributed by atoms with Gasteiger partial charge in [0.1, 0.15) is 0 Å². The van der Waals surface area contributed by atoms with Gasteiger partial charge in [-0.3, -0.25) is 0 Å². The van der Waals surface area contributed by atoms with Crippen LogP contribution in [0.4, 0.5) is 0 Å². The monoisotopic (exact) mass is 242 g/mol. The Morgan fingerprint density at radius 3 is 2.24 bits per heavy atom. The average molecular weight is 242 g/mol. The van der Waals surface area contributed by atoms with E-state index in [1.165, 1.54) is 44.9 Å². The van der Waals surface area contributed by atoms with Crippen LogP contribution in [0.2, 0.25) is 0 Å². The Morgan fingerprint density at radius 2 is 1.65 bits per heavy atom. The minimum Gasteiger partial charge on any atom is -0.393 e. The highest BCUT2D eigenvalue weighted by Gasteiger charge is 1.99. The van der Waals surface area contributed by atoms with E-state index >= 15 is 0 Å². The fourth-order valence-electron chi connectivity index (χ4n) is 1.84. The Bertz CT molecular complexity index is 157. The predicted octanol–water partition coefficient (Wildman–Crippen LogP) is 4.08. The van der Waals surface area contributed by atoms with E-state index in [0.29, 0.717) is 6.61 Å². The zero-order valence-corrected chi connectivity index (χ0v) is 11.5. The maximum absolute atomic E-state index is 9.38. The van der Waals surface area contributed by atoms with Crippen LogP contribution in [-0.2, 0) is 4.74 Å². The molecule has 2 heteroatoms. The van der Waals surface area contributed by atoms with E-state index in [1.54, 1.807) is 6.08 Å². The van der Waals surface area contributed by atoms with Crippen LogP contribution < -0.4 is 0 Å². The lowest BCUT2D eigenvalue weighted by Crippen LogP contribution is -2.03. The molecule has 1 N–H and O–H groups in total. The van der Waals surface area contributed by atoms with Crippen molar-refractivity contribution in [1.29, 1.82) is 0 Å². The lowest BCUT2D eigenvalue weighted by molar-refractivity contribution is 0.155. The second-order valence-corrected chi connectivity index (χ2v) is 4.69. The molecule has 0 rings (SSSR count). The summed E-state index contributed by atoms with van der Waals surface area (Å²) in [6.45, 7) is 7.20. The largest absolute Gasteiger partial charge is 0.393 e. The van der Waals surface area contributed by atoms with Crippen molar-refractivity contribution in [2.24, 2.45) is 0 Å². The van der Waals surface area contributed by atoms with Gasteiger partial charge in [-0.05, 0) is 19.3 Å². The molecule has 1 unspecified atom stereocenters. The second kappa shape index (κ2) is 13.7. The summed E-state index contributed by atoms with van der Waals surface area (Å²) in [4.78, 5) is 0. The molecule has 0 saturated heterocycles. The van der Waals surface area contributed by atoms with Crippen molar-refractivity contribution in [3.05, 3.63) is 12.7 Å². The fourth-order valence-corrected chi connectivity index (χ4v) is 1.84. The Kier molecular flexibility index (Phi) is 13.4. The maximum Gasteiger partial charge on any atom is 0.0644 e. The van der Waals surface area contributed by atoms with Gasteiger partial charge in [-0.15, -0.1) is 6.58 Å². The lowest BCUT2D eigenvalue weighted by Gasteiger charge is -2.06. The molecule has 0 amide bonds. The Labute approximate surface area is 107 Å². The second-order valence-electron chi connectivity index (χ2n) is 4.69. The van der Waals surface area contributed by atoms with Crippen molar-refractivity contribution in [2.45, 2.75) is 70.8 Å². The van der Waals surface area contributed by atoms with Gasteiger partial charge in [0.2, 0.25) is 0 Å². The quantitative estimate of drug-likeness (QED) is 0.389. The van der Waals surface area contributed by atoms with Gasteiger partial charge in [0.25, 0.3) is 0 Å². The summed E-state index contributed by atoms with van der Waals surface area (Å²) in [5.74, 6) is 0. The number of ether oxygens (including phenoxy) is 1. The van der Waals surface area contributed by atoms with Gasteiger partial charge >= 0.3 is 0 Å². The lowest BCUT2D eigenvalue weighted by atomic mass is 10.1. The Hall–Kier alpha value is -0.340. The molecule has 0 fully saturated rings. The zero-order valence-electron chi connectivity index (χ0n) is 11.5. The number of aliphatic hydroxyl groups excluding tert-OH is 1. The summed E-state index contributed by atoms with van der Waals surface area (Å²) in [7, 11) is 0. The molecule has 0 radical (unpaired) electrons. The first-order valence-electron chi connectivity index (χ1n) is 7.18. The average Bonchev–Trinajstić information content (AvgIpc) is 2.35. The Morgan fingerprint density at radius 1 is 1.06 bits per heavy atom. The number of rotatable bonds is 13. The smallest absolute Gasteiger partial charge is 0.0644 e. The molecule has 0 aliphatic rings. The molecule has 2 nitrogen and oxygen atoms in total. The van der Waals surface area contributed by atoms with Gasteiger partial charge in [0, 0.05) is 6.61 Å². The molecule has 1 atom stereocenters. The SMILES string of the molecule is C=CCOCCCCCCCCCC(O)CC. The highest BCUT2D eigenvalue weighted by Crippen LogP contribution is 2.10. The highest BCUT2D eigenvalue weighted by atomic mass is 16.5. The molecule has 0 aliphatic carbocycles. The summed E-state index contributed by atoms with van der Waals surface area (Å²) < 4.78 is 5.32. The molecule has 0 aromatic heterocycles. The number of hydrogen-bond acceptors (Lipinski definition) is 2. The molecule has 0 aliphatic heterocycles. The topological polar surface area (TPSA) is 29.5 Å². The van der Waals surface area contributed by atoms with Gasteiger partial charge in [0.05, 0.1) is 12.7 Å². The van der Waals surface area contributed by atoms with Crippen LogP contribution in [0, 0.1) is 0 Å². The van der Waals surface area contributed by atoms with E-state index in [-0.39, 0.29) is 6.10 Å². The number of hydrogen-bond donors (Lipinski definition) is 1. The number of unbranched alkanes of at least 4 members (excludes halogenated alkanes) is 6. The van der Waals surface area contributed by atoms with E-state index in [0.717, 1.165) is 19.4 Å². The number of aliphatic hydroxyl groups is 1. The van der Waals surface area contributed by atoms with E-state index in [2.05, 4.69) is 6.58 Å². The third kappa shape index (κ3) is 13.6. The van der Waals surface area contributed by atoms with E-state index < -0.39 is 0 Å². The minimum absolute atomic E-state index is 0.0722. The van der Waals surface area contributed by atoms with E-state index in [1.807, 2.05) is 6.92 Å². The van der Waals surface area contributed by atoms with Crippen molar-refractivity contribution in [1.82, 2.24) is 0 Å². The normalized spacial score (nSPS) is 12.6. The first-order chi connectivity index (χ1) is 8.31. The van der Waals surface area contributed by atoms with E-state index in [9.17, 15) is 5.11 Å². The molecule has 0 aromatic rings. The molecule has 0 aromatic carbocycles. The molecule has 0 saturated carbocycles. The molecule has 17 heavy (non-hydrogen) atoms. The standard InChI is InChI=1S/C15H30O2/c1-3-13-17-14-11-9-7-5-6-8-10-12-15(16)4-2/h3,15-16H,1,4-14H2,2H3. The van der Waals surface area contributed by atoms with Gasteiger partial charge in [-0.1, -0.05) is 51.5 Å². The van der Waals surface area contributed by atoms with Crippen LogP contribution >= 0.6 is 0 Å². The van der Waals surface area contributed by atoms with Gasteiger partial charge in [0.15, 0.2) is 0 Å². The highest BCUT2D eigenvalue weighted by molar-refractivity contribution is 4.63. The van der Waals surface area contributed by atoms with Gasteiger partial charge in [-0.2, -0.15) is 0 Å². The van der Waals surface area contributed by atoms with E-state index in [4.69, 9.17) is 4.74 Å². The van der Waals surface area contributed by atoms with Crippen LogP contribution in [0.25, 0.3) is 0 Å². The summed E-state index contributed by atoms with van der Waals surface area (Å²) in [5, 5.41) is 9.38. The first kappa shape index (κ1) is 16.7. The Balaban J connectivity index is 2.96. The molecular formula is C15H30O2. The predicted molar refractivity (Wildman–Crippen MR) is 74.2 cm³/mol. The first-order valence-corrected chi connectivity index (χ1v) is 7.18. The minimum atomic E-state index is -0.0722. The van der Waals surface area contributed by atoms with Crippen molar-refractivity contribution in [3.63, 3.8) is 0 Å². The summed E-state index contributed by atoms with van der Waals surface area (Å²) in [5.41, 5.74) is 0. The van der Waals surface area contributed by atoms with Crippen molar-refractivity contribution in [3.8, 4) is 0 Å². The third-order valence-electron chi connectivity index (χ3n) is 3.03. The van der Waals surface area contributed by atoms with Crippen LogP contribution in [-0.4, -0.2) is 24.4 Å². The molecule has 0 bridgehead atoms. The van der Waals surface area contributed by atoms with Crippen LogP contribution in [0.15, 0.2) is 12.7 Å². The summed E-state index contributed by atoms with van der Waals surface area (Å²) in [6.07, 6.45) is 12.4. The third-order valence-corrected chi connectivity index (χ3v) is 3.03. The van der Waals surface area contributed by atoms with Gasteiger partial charge < -0.3 is 9.84 Å². The van der Waals surface area contributed by atoms with Crippen LogP contribution in [0.1, 0.15) is 64.7 Å². The fraction of sp³-hybridized carbons (Fsp3) is 0.867. The van der Waals surface area contributed by atoms with Crippen molar-refractivity contribution >= 4 is 0 Å². The van der Waals surface area contributed by atoms with Gasteiger partial charge in [-0.25, -0.2) is 0 Å². The molecule has 102 valence electrons. The summed E-state index contributed by atoms with van der Waals surface area (Å²) >= 11 is 0. The van der Waals surface area contributed by atoms with Crippen LogP contribution in [0.5, 0.6) is 0 Å². The van der Waals surface area contributed by atoms with Crippen LogP contribution in [0.3, 0.4) is 0 Å².